The fourth-order valence-corrected chi connectivity index (χ4v) is 1.48. The summed E-state index contributed by atoms with van der Waals surface area (Å²) in [7, 11) is 0. The summed E-state index contributed by atoms with van der Waals surface area (Å²) in [4.78, 5) is 13.6. The van der Waals surface area contributed by atoms with Crippen LogP contribution in [0.2, 0.25) is 0 Å². The Kier molecular flexibility index (Phi) is 7.48. The minimum Gasteiger partial charge on any atom is -0.339 e. The molecule has 0 rings (SSSR count). The highest BCUT2D eigenvalue weighted by atomic mass is 16.2. The van der Waals surface area contributed by atoms with Gasteiger partial charge in [-0.25, -0.2) is 0 Å². The van der Waals surface area contributed by atoms with Gasteiger partial charge in [0.05, 0.1) is 0 Å². The van der Waals surface area contributed by atoms with Crippen molar-refractivity contribution < 1.29 is 4.79 Å². The second kappa shape index (κ2) is 7.80. The second-order valence-electron chi connectivity index (χ2n) is 3.93. The summed E-state index contributed by atoms with van der Waals surface area (Å²) in [5.74, 6) is 0.249. The van der Waals surface area contributed by atoms with Gasteiger partial charge in [0.1, 0.15) is 0 Å². The van der Waals surface area contributed by atoms with Crippen LogP contribution in [-0.2, 0) is 4.79 Å². The van der Waals surface area contributed by atoms with Crippen LogP contribution in [0.1, 0.15) is 46.5 Å². The third kappa shape index (κ3) is 5.22. The average Bonchev–Trinajstić information content (AvgIpc) is 2.13. The largest absolute Gasteiger partial charge is 0.339 e. The molecule has 3 heteroatoms. The number of nitrogens with two attached hydrogens (primary N) is 1. The molecule has 0 radical (unpaired) electrons. The molecule has 0 aliphatic carbocycles. The number of rotatable bonds is 7. The lowest BCUT2D eigenvalue weighted by Crippen LogP contribution is -2.40. The standard InChI is InChI=1S/C11H24N2O/c1-4-5-6-7-11(14)13(9-8-12)10(2)3/h10H,4-9,12H2,1-3H3. The van der Waals surface area contributed by atoms with Gasteiger partial charge >= 0.3 is 0 Å². The molecule has 1 amide bonds. The first kappa shape index (κ1) is 13.4. The zero-order chi connectivity index (χ0) is 11.0. The maximum Gasteiger partial charge on any atom is 0.222 e. The smallest absolute Gasteiger partial charge is 0.222 e. The Bertz CT molecular complexity index is 157. The molecule has 0 saturated heterocycles. The highest BCUT2D eigenvalue weighted by molar-refractivity contribution is 5.76. The van der Waals surface area contributed by atoms with Crippen molar-refractivity contribution in [3.8, 4) is 0 Å². The van der Waals surface area contributed by atoms with Crippen molar-refractivity contribution >= 4 is 5.91 Å². The van der Waals surface area contributed by atoms with Gasteiger partial charge in [0.2, 0.25) is 5.91 Å². The van der Waals surface area contributed by atoms with E-state index in [1.54, 1.807) is 0 Å². The lowest BCUT2D eigenvalue weighted by Gasteiger charge is -2.26. The predicted octanol–water partition coefficient (Wildman–Crippen LogP) is 1.76. The van der Waals surface area contributed by atoms with Gasteiger partial charge in [-0.2, -0.15) is 0 Å². The summed E-state index contributed by atoms with van der Waals surface area (Å²) in [5.41, 5.74) is 5.47. The van der Waals surface area contributed by atoms with E-state index in [-0.39, 0.29) is 11.9 Å². The summed E-state index contributed by atoms with van der Waals surface area (Å²) in [6.07, 6.45) is 3.97. The molecule has 84 valence electrons. The number of carbonyl (C=O) groups is 1. The molecule has 3 nitrogen and oxygen atoms in total. The molecule has 0 heterocycles. The van der Waals surface area contributed by atoms with E-state index >= 15 is 0 Å². The Balaban J connectivity index is 3.89. The molecule has 0 aromatic heterocycles. The topological polar surface area (TPSA) is 46.3 Å². The van der Waals surface area contributed by atoms with Crippen LogP contribution in [0.5, 0.6) is 0 Å². The molecule has 14 heavy (non-hydrogen) atoms. The van der Waals surface area contributed by atoms with Crippen molar-refractivity contribution in [1.82, 2.24) is 4.90 Å². The molecule has 0 bridgehead atoms. The molecule has 0 atom stereocenters. The van der Waals surface area contributed by atoms with Crippen molar-refractivity contribution in [2.75, 3.05) is 13.1 Å². The fraction of sp³-hybridized carbons (Fsp3) is 0.909. The van der Waals surface area contributed by atoms with E-state index in [9.17, 15) is 4.79 Å². The maximum atomic E-state index is 11.7. The molecular weight excluding hydrogens is 176 g/mol. The summed E-state index contributed by atoms with van der Waals surface area (Å²) in [6, 6.07) is 0.271. The first-order chi connectivity index (χ1) is 6.63. The number of nitrogens with zero attached hydrogens (tertiary/aromatic N) is 1. The van der Waals surface area contributed by atoms with Crippen LogP contribution in [0.25, 0.3) is 0 Å². The summed E-state index contributed by atoms with van der Waals surface area (Å²) in [5, 5.41) is 0. The van der Waals surface area contributed by atoms with Crippen LogP contribution in [0.15, 0.2) is 0 Å². The third-order valence-electron chi connectivity index (χ3n) is 2.31. The molecule has 0 aromatic rings. The lowest BCUT2D eigenvalue weighted by atomic mass is 10.1. The van der Waals surface area contributed by atoms with Gasteiger partial charge in [-0.3, -0.25) is 4.79 Å². The first-order valence-corrected chi connectivity index (χ1v) is 5.63. The van der Waals surface area contributed by atoms with E-state index < -0.39 is 0 Å². The number of carbonyl (C=O) groups excluding carboxylic acids is 1. The molecule has 0 fully saturated rings. The molecule has 0 aromatic carbocycles. The van der Waals surface area contributed by atoms with E-state index in [2.05, 4.69) is 6.92 Å². The maximum absolute atomic E-state index is 11.7. The van der Waals surface area contributed by atoms with Crippen molar-refractivity contribution in [3.05, 3.63) is 0 Å². The van der Waals surface area contributed by atoms with Crippen molar-refractivity contribution in [1.29, 1.82) is 0 Å². The third-order valence-corrected chi connectivity index (χ3v) is 2.31. The van der Waals surface area contributed by atoms with E-state index in [1.165, 1.54) is 0 Å². The Morgan fingerprint density at radius 3 is 2.43 bits per heavy atom. The first-order valence-electron chi connectivity index (χ1n) is 5.63. The Morgan fingerprint density at radius 1 is 1.36 bits per heavy atom. The quantitative estimate of drug-likeness (QED) is 0.637. The van der Waals surface area contributed by atoms with Gasteiger partial charge < -0.3 is 10.6 Å². The molecule has 0 unspecified atom stereocenters. The van der Waals surface area contributed by atoms with Crippen LogP contribution in [-0.4, -0.2) is 29.9 Å². The molecule has 0 aliphatic rings. The Labute approximate surface area is 87.6 Å². The van der Waals surface area contributed by atoms with Crippen molar-refractivity contribution in [2.24, 2.45) is 5.73 Å². The highest BCUT2D eigenvalue weighted by Gasteiger charge is 2.14. The van der Waals surface area contributed by atoms with E-state index in [0.717, 1.165) is 19.3 Å². The van der Waals surface area contributed by atoms with Gasteiger partial charge in [0.25, 0.3) is 0 Å². The van der Waals surface area contributed by atoms with Crippen LogP contribution >= 0.6 is 0 Å². The van der Waals surface area contributed by atoms with E-state index in [1.807, 2.05) is 18.7 Å². The van der Waals surface area contributed by atoms with Crippen LogP contribution in [0, 0.1) is 0 Å². The molecule has 0 aliphatic heterocycles. The zero-order valence-corrected chi connectivity index (χ0v) is 9.75. The summed E-state index contributed by atoms with van der Waals surface area (Å²) >= 11 is 0. The number of hydrogen-bond donors (Lipinski definition) is 1. The number of amides is 1. The lowest BCUT2D eigenvalue weighted by molar-refractivity contribution is -0.132. The Morgan fingerprint density at radius 2 is 2.00 bits per heavy atom. The monoisotopic (exact) mass is 200 g/mol. The van der Waals surface area contributed by atoms with E-state index in [0.29, 0.717) is 19.5 Å². The minimum absolute atomic E-state index is 0.249. The van der Waals surface area contributed by atoms with Gasteiger partial charge in [-0.05, 0) is 20.3 Å². The second-order valence-corrected chi connectivity index (χ2v) is 3.93. The van der Waals surface area contributed by atoms with Crippen LogP contribution in [0.3, 0.4) is 0 Å². The van der Waals surface area contributed by atoms with Gasteiger partial charge in [-0.1, -0.05) is 19.8 Å². The SMILES string of the molecule is CCCCCC(=O)N(CCN)C(C)C. The normalized spacial score (nSPS) is 10.6. The average molecular weight is 200 g/mol. The summed E-state index contributed by atoms with van der Waals surface area (Å²) < 4.78 is 0. The Hall–Kier alpha value is -0.570. The molecule has 0 saturated carbocycles. The molecule has 2 N–H and O–H groups in total. The minimum atomic E-state index is 0.249. The molecule has 0 spiro atoms. The zero-order valence-electron chi connectivity index (χ0n) is 9.75. The van der Waals surface area contributed by atoms with Crippen molar-refractivity contribution in [2.45, 2.75) is 52.5 Å². The van der Waals surface area contributed by atoms with Gasteiger partial charge in [0.15, 0.2) is 0 Å². The van der Waals surface area contributed by atoms with Crippen LogP contribution in [0.4, 0.5) is 0 Å². The van der Waals surface area contributed by atoms with Gasteiger partial charge in [0, 0.05) is 25.6 Å². The summed E-state index contributed by atoms with van der Waals surface area (Å²) in [6.45, 7) is 7.45. The molecular formula is C11H24N2O. The predicted molar refractivity (Wildman–Crippen MR) is 60.0 cm³/mol. The van der Waals surface area contributed by atoms with Crippen LogP contribution < -0.4 is 5.73 Å². The highest BCUT2D eigenvalue weighted by Crippen LogP contribution is 2.05. The van der Waals surface area contributed by atoms with Gasteiger partial charge in [-0.15, -0.1) is 0 Å². The fourth-order valence-electron chi connectivity index (χ4n) is 1.48. The van der Waals surface area contributed by atoms with E-state index in [4.69, 9.17) is 5.73 Å². The van der Waals surface area contributed by atoms with Crippen molar-refractivity contribution in [3.63, 3.8) is 0 Å². The number of unbranched alkanes of at least 4 members (excludes halogenated alkanes) is 2. The number of hydrogen-bond acceptors (Lipinski definition) is 2.